The summed E-state index contributed by atoms with van der Waals surface area (Å²) in [6, 6.07) is 16.5. The van der Waals surface area contributed by atoms with E-state index in [1.165, 1.54) is 0 Å². The monoisotopic (exact) mass is 325 g/mol. The third-order valence-corrected chi connectivity index (χ3v) is 3.17. The van der Waals surface area contributed by atoms with Crippen LogP contribution in [0.4, 0.5) is 0 Å². The summed E-state index contributed by atoms with van der Waals surface area (Å²) in [6.07, 6.45) is 0. The van der Waals surface area contributed by atoms with Gasteiger partial charge in [-0.2, -0.15) is 0 Å². The van der Waals surface area contributed by atoms with Crippen molar-refractivity contribution in [1.82, 2.24) is 16.2 Å². The summed E-state index contributed by atoms with van der Waals surface area (Å²) in [7, 11) is 0. The van der Waals surface area contributed by atoms with Crippen LogP contribution in [0.25, 0.3) is 11.1 Å². The Morgan fingerprint density at radius 3 is 1.92 bits per heavy atom. The molecule has 6 heteroatoms. The molecule has 2 rings (SSSR count). The van der Waals surface area contributed by atoms with Crippen molar-refractivity contribution in [2.75, 3.05) is 0 Å². The first-order valence-electron chi connectivity index (χ1n) is 7.54. The molecule has 2 aromatic rings. The van der Waals surface area contributed by atoms with Gasteiger partial charge in [-0.15, -0.1) is 0 Å². The van der Waals surface area contributed by atoms with E-state index in [9.17, 15) is 14.4 Å². The van der Waals surface area contributed by atoms with E-state index in [0.717, 1.165) is 11.1 Å². The lowest BCUT2D eigenvalue weighted by atomic mass is 10.0. The molecule has 0 saturated carbocycles. The van der Waals surface area contributed by atoms with E-state index in [1.54, 1.807) is 26.0 Å². The van der Waals surface area contributed by atoms with Crippen molar-refractivity contribution < 1.29 is 14.4 Å². The first-order chi connectivity index (χ1) is 11.5. The Balaban J connectivity index is 1.93. The highest BCUT2D eigenvalue weighted by molar-refractivity contribution is 6.35. The van der Waals surface area contributed by atoms with E-state index in [-0.39, 0.29) is 6.04 Å². The predicted molar refractivity (Wildman–Crippen MR) is 90.8 cm³/mol. The van der Waals surface area contributed by atoms with Crippen LogP contribution in [0.5, 0.6) is 0 Å². The standard InChI is InChI=1S/C18H19N3O3/c1-12(2)19-17(23)18(24)21-20-16(22)15-10-8-14(9-11-15)13-6-4-3-5-7-13/h3-12H,1-2H3,(H,19,23)(H,20,22)(H,21,24). The Bertz CT molecular complexity index is 725. The fourth-order valence-electron chi connectivity index (χ4n) is 2.01. The molecule has 0 radical (unpaired) electrons. The minimum Gasteiger partial charge on any atom is -0.346 e. The first kappa shape index (κ1) is 17.2. The van der Waals surface area contributed by atoms with Crippen LogP contribution in [-0.2, 0) is 9.59 Å². The van der Waals surface area contributed by atoms with Gasteiger partial charge in [-0.05, 0) is 37.1 Å². The highest BCUT2D eigenvalue weighted by Gasteiger charge is 2.15. The molecule has 6 nitrogen and oxygen atoms in total. The van der Waals surface area contributed by atoms with Gasteiger partial charge in [0.25, 0.3) is 5.91 Å². The Morgan fingerprint density at radius 1 is 0.750 bits per heavy atom. The molecule has 0 aliphatic carbocycles. The van der Waals surface area contributed by atoms with Crippen molar-refractivity contribution in [3.05, 3.63) is 60.2 Å². The molecule has 0 saturated heterocycles. The summed E-state index contributed by atoms with van der Waals surface area (Å²) in [5, 5.41) is 2.43. The third-order valence-electron chi connectivity index (χ3n) is 3.17. The molecule has 3 N–H and O–H groups in total. The Morgan fingerprint density at radius 2 is 1.33 bits per heavy atom. The van der Waals surface area contributed by atoms with E-state index < -0.39 is 17.7 Å². The van der Waals surface area contributed by atoms with Gasteiger partial charge in [0.15, 0.2) is 0 Å². The predicted octanol–water partition coefficient (Wildman–Crippen LogP) is 1.64. The molecule has 0 unspecified atom stereocenters. The van der Waals surface area contributed by atoms with Crippen LogP contribution in [-0.4, -0.2) is 23.8 Å². The van der Waals surface area contributed by atoms with Crippen LogP contribution in [0.1, 0.15) is 24.2 Å². The number of hydrogen-bond acceptors (Lipinski definition) is 3. The third kappa shape index (κ3) is 4.67. The minimum atomic E-state index is -0.919. The summed E-state index contributed by atoms with van der Waals surface area (Å²) >= 11 is 0. The van der Waals surface area contributed by atoms with Crippen LogP contribution in [0, 0.1) is 0 Å². The Hall–Kier alpha value is -3.15. The van der Waals surface area contributed by atoms with Crippen molar-refractivity contribution in [3.8, 4) is 11.1 Å². The molecule has 2 aromatic carbocycles. The molecular weight excluding hydrogens is 306 g/mol. The molecular formula is C18H19N3O3. The average molecular weight is 325 g/mol. The minimum absolute atomic E-state index is 0.163. The second-order valence-corrected chi connectivity index (χ2v) is 5.48. The van der Waals surface area contributed by atoms with Crippen molar-refractivity contribution in [3.63, 3.8) is 0 Å². The first-order valence-corrected chi connectivity index (χ1v) is 7.54. The molecule has 0 aliphatic rings. The van der Waals surface area contributed by atoms with E-state index in [1.807, 2.05) is 42.5 Å². The maximum Gasteiger partial charge on any atom is 0.327 e. The van der Waals surface area contributed by atoms with E-state index in [0.29, 0.717) is 5.56 Å². The smallest absolute Gasteiger partial charge is 0.327 e. The normalized spacial score (nSPS) is 10.1. The Labute approximate surface area is 140 Å². The van der Waals surface area contributed by atoms with Crippen LogP contribution >= 0.6 is 0 Å². The molecule has 0 bridgehead atoms. The summed E-state index contributed by atoms with van der Waals surface area (Å²) in [4.78, 5) is 34.9. The highest BCUT2D eigenvalue weighted by Crippen LogP contribution is 2.19. The second-order valence-electron chi connectivity index (χ2n) is 5.48. The molecule has 124 valence electrons. The van der Waals surface area contributed by atoms with Gasteiger partial charge in [0.05, 0.1) is 0 Å². The van der Waals surface area contributed by atoms with Gasteiger partial charge in [0.2, 0.25) is 0 Å². The molecule has 0 aliphatic heterocycles. The second kappa shape index (κ2) is 7.92. The van der Waals surface area contributed by atoms with Crippen LogP contribution in [0.2, 0.25) is 0 Å². The Kier molecular flexibility index (Phi) is 5.68. The van der Waals surface area contributed by atoms with Gasteiger partial charge in [-0.25, -0.2) is 0 Å². The zero-order chi connectivity index (χ0) is 17.5. The number of amides is 3. The lowest BCUT2D eigenvalue weighted by Crippen LogP contribution is -2.49. The number of rotatable bonds is 3. The molecule has 0 atom stereocenters. The lowest BCUT2D eigenvalue weighted by Gasteiger charge is -2.10. The molecule has 0 spiro atoms. The van der Waals surface area contributed by atoms with Crippen molar-refractivity contribution >= 4 is 17.7 Å². The average Bonchev–Trinajstić information content (AvgIpc) is 2.59. The molecule has 0 aromatic heterocycles. The summed E-state index contributed by atoms with van der Waals surface area (Å²) in [5.41, 5.74) is 6.69. The largest absolute Gasteiger partial charge is 0.346 e. The maximum absolute atomic E-state index is 12.0. The van der Waals surface area contributed by atoms with Gasteiger partial charge in [-0.3, -0.25) is 25.2 Å². The number of hydrogen-bond donors (Lipinski definition) is 3. The zero-order valence-electron chi connectivity index (χ0n) is 13.5. The topological polar surface area (TPSA) is 87.3 Å². The summed E-state index contributed by atoms with van der Waals surface area (Å²) in [5.74, 6) is -2.22. The number of carbonyl (C=O) groups excluding carboxylic acids is 3. The molecule has 24 heavy (non-hydrogen) atoms. The van der Waals surface area contributed by atoms with E-state index >= 15 is 0 Å². The van der Waals surface area contributed by atoms with Crippen molar-refractivity contribution in [2.45, 2.75) is 19.9 Å². The van der Waals surface area contributed by atoms with Gasteiger partial charge in [0.1, 0.15) is 0 Å². The SMILES string of the molecule is CC(C)NC(=O)C(=O)NNC(=O)c1ccc(-c2ccccc2)cc1. The van der Waals surface area contributed by atoms with E-state index in [4.69, 9.17) is 0 Å². The van der Waals surface area contributed by atoms with Crippen LogP contribution in [0.3, 0.4) is 0 Å². The van der Waals surface area contributed by atoms with Gasteiger partial charge in [0, 0.05) is 11.6 Å². The number of carbonyl (C=O) groups is 3. The van der Waals surface area contributed by atoms with Crippen LogP contribution in [0.15, 0.2) is 54.6 Å². The number of benzene rings is 2. The lowest BCUT2D eigenvalue weighted by molar-refractivity contribution is -0.139. The maximum atomic E-state index is 12.0. The quantitative estimate of drug-likeness (QED) is 0.592. The molecule has 0 heterocycles. The van der Waals surface area contributed by atoms with Crippen molar-refractivity contribution in [1.29, 1.82) is 0 Å². The van der Waals surface area contributed by atoms with Crippen LogP contribution < -0.4 is 16.2 Å². The fourth-order valence-corrected chi connectivity index (χ4v) is 2.01. The van der Waals surface area contributed by atoms with Gasteiger partial charge in [-0.1, -0.05) is 42.5 Å². The highest BCUT2D eigenvalue weighted by atomic mass is 16.2. The fraction of sp³-hybridized carbons (Fsp3) is 0.167. The van der Waals surface area contributed by atoms with Crippen molar-refractivity contribution in [2.24, 2.45) is 0 Å². The van der Waals surface area contributed by atoms with E-state index in [2.05, 4.69) is 16.2 Å². The summed E-state index contributed by atoms with van der Waals surface area (Å²) in [6.45, 7) is 3.47. The molecule has 3 amide bonds. The number of nitrogens with one attached hydrogen (secondary N) is 3. The zero-order valence-corrected chi connectivity index (χ0v) is 13.5. The van der Waals surface area contributed by atoms with Gasteiger partial charge >= 0.3 is 11.8 Å². The van der Waals surface area contributed by atoms with Gasteiger partial charge < -0.3 is 5.32 Å². The summed E-state index contributed by atoms with van der Waals surface area (Å²) < 4.78 is 0. The molecule has 0 fully saturated rings. The number of hydrazine groups is 1.